The van der Waals surface area contributed by atoms with Gasteiger partial charge in [0.2, 0.25) is 17.7 Å². The Morgan fingerprint density at radius 1 is 0.642 bits per heavy atom. The third-order valence-electron chi connectivity index (χ3n) is 15.7. The number of alkyl carbamates (subject to hydrolysis) is 1. The van der Waals surface area contributed by atoms with E-state index in [1.807, 2.05) is 61.5 Å². The largest absolute Gasteiger partial charge is 0.494 e. The third-order valence-corrected chi connectivity index (χ3v) is 15.7. The number of carbonyl (C=O) groups is 5. The van der Waals surface area contributed by atoms with E-state index in [0.717, 1.165) is 51.9 Å². The molecule has 25 nitrogen and oxygen atoms in total. The van der Waals surface area contributed by atoms with Crippen LogP contribution in [0.4, 0.5) is 10.5 Å². The highest BCUT2D eigenvalue weighted by Gasteiger charge is 2.35. The van der Waals surface area contributed by atoms with Gasteiger partial charge in [0.1, 0.15) is 31.0 Å². The normalized spacial score (nSPS) is 13.7. The van der Waals surface area contributed by atoms with Gasteiger partial charge >= 0.3 is 12.1 Å². The molecule has 0 saturated carbocycles. The molecule has 0 fully saturated rings. The number of amides is 4. The van der Waals surface area contributed by atoms with Crippen molar-refractivity contribution >= 4 is 46.4 Å². The van der Waals surface area contributed by atoms with Gasteiger partial charge in [-0.1, -0.05) is 63.2 Å². The van der Waals surface area contributed by atoms with E-state index < -0.39 is 41.8 Å². The Morgan fingerprint density at radius 3 is 1.84 bits per heavy atom. The monoisotopic (exact) mass is 1320 g/mol. The van der Waals surface area contributed by atoms with E-state index in [1.165, 1.54) is 0 Å². The lowest BCUT2D eigenvalue weighted by Crippen LogP contribution is -2.53. The average molecular weight is 1320 g/mol. The number of anilines is 1. The highest BCUT2D eigenvalue weighted by molar-refractivity contribution is 5.98. The van der Waals surface area contributed by atoms with Crippen LogP contribution in [0.15, 0.2) is 83.7 Å². The fourth-order valence-electron chi connectivity index (χ4n) is 10.8. The number of carbonyl (C=O) groups excluding carboxylic acids is 5. The van der Waals surface area contributed by atoms with Crippen molar-refractivity contribution in [3.05, 3.63) is 123 Å². The maximum Gasteiger partial charge on any atom is 0.407 e. The van der Waals surface area contributed by atoms with Crippen LogP contribution in [0, 0.1) is 0 Å². The van der Waals surface area contributed by atoms with Crippen LogP contribution in [0.2, 0.25) is 0 Å². The first-order chi connectivity index (χ1) is 46.5. The summed E-state index contributed by atoms with van der Waals surface area (Å²) in [6, 6.07) is 21.8. The maximum absolute atomic E-state index is 14.0. The fourth-order valence-corrected chi connectivity index (χ4v) is 10.8. The Bertz CT molecular complexity index is 3210. The summed E-state index contributed by atoms with van der Waals surface area (Å²) in [5.41, 5.74) is 13.2. The van der Waals surface area contributed by atoms with Crippen LogP contribution in [-0.2, 0) is 104 Å². The molecular weight excluding hydrogens is 1230 g/mol. The van der Waals surface area contributed by atoms with E-state index in [-0.39, 0.29) is 50.8 Å². The molecule has 0 bridgehead atoms. The Labute approximate surface area is 556 Å². The fraction of sp³-hybridized carbons (Fsp3) is 0.557. The number of ether oxygens (including phenoxy) is 12. The molecule has 520 valence electrons. The van der Waals surface area contributed by atoms with E-state index in [9.17, 15) is 28.8 Å². The zero-order valence-corrected chi connectivity index (χ0v) is 55.4. The van der Waals surface area contributed by atoms with Crippen molar-refractivity contribution in [3.8, 4) is 17.1 Å². The summed E-state index contributed by atoms with van der Waals surface area (Å²) < 4.78 is 68.3. The third kappa shape index (κ3) is 25.3. The molecule has 7 rings (SSSR count). The molecule has 95 heavy (non-hydrogen) atoms. The summed E-state index contributed by atoms with van der Waals surface area (Å²) in [5.74, 6) is -1.50. The first kappa shape index (κ1) is 75.0. The number of hydrogen-bond acceptors (Lipinski definition) is 20. The quantitative estimate of drug-likeness (QED) is 0.0202. The van der Waals surface area contributed by atoms with E-state index in [4.69, 9.17) is 67.6 Å². The van der Waals surface area contributed by atoms with Crippen molar-refractivity contribution in [2.24, 2.45) is 5.73 Å². The van der Waals surface area contributed by atoms with Gasteiger partial charge < -0.3 is 88.4 Å². The Morgan fingerprint density at radius 2 is 1.25 bits per heavy atom. The van der Waals surface area contributed by atoms with Gasteiger partial charge in [0, 0.05) is 42.6 Å². The first-order valence-corrected chi connectivity index (χ1v) is 33.4. The molecule has 4 heterocycles. The molecule has 2 aromatic heterocycles. The highest BCUT2D eigenvalue weighted by atomic mass is 16.6. The molecule has 6 N–H and O–H groups in total. The molecule has 2 aliphatic heterocycles. The predicted octanol–water partition coefficient (Wildman–Crippen LogP) is 6.46. The number of aromatic nitrogens is 2. The van der Waals surface area contributed by atoms with Crippen LogP contribution in [0.25, 0.3) is 22.3 Å². The molecule has 0 aliphatic carbocycles. The van der Waals surface area contributed by atoms with Crippen LogP contribution in [0.1, 0.15) is 105 Å². The molecule has 5 aromatic rings. The molecule has 0 radical (unpaired) electrons. The summed E-state index contributed by atoms with van der Waals surface area (Å²) in [6.45, 7) is 15.4. The second-order valence-electron chi connectivity index (χ2n) is 22.7. The van der Waals surface area contributed by atoms with Gasteiger partial charge in [-0.25, -0.2) is 9.78 Å². The molecule has 0 saturated heterocycles. The molecule has 0 unspecified atom stereocenters. The SMILES string of the molecule is CCCOCCOCCOCCOCCOCCOCCOCCOCCOCCC(=O)N[C@@H](Cc1ccccc1)C(=O)N[C@@H](CCCCN)C(=O)Nc1ccc(COC(=O)NCCCOc2ccc3nc4c(c(CC)c3c2)Cn2c-4cc3c(c2=O)COC(=O)[C@@H]3CC)cc1. The molecule has 0 spiro atoms. The molecule has 3 atom stereocenters. The summed E-state index contributed by atoms with van der Waals surface area (Å²) in [7, 11) is 0. The first-order valence-electron chi connectivity index (χ1n) is 33.4. The van der Waals surface area contributed by atoms with Crippen LogP contribution in [-0.4, -0.2) is 190 Å². The summed E-state index contributed by atoms with van der Waals surface area (Å²) >= 11 is 0. The molecule has 3 aromatic carbocycles. The van der Waals surface area contributed by atoms with Gasteiger partial charge in [-0.2, -0.15) is 0 Å². The lowest BCUT2D eigenvalue weighted by molar-refractivity contribution is -0.148. The van der Waals surface area contributed by atoms with E-state index in [1.54, 1.807) is 28.8 Å². The lowest BCUT2D eigenvalue weighted by atomic mass is 9.90. The van der Waals surface area contributed by atoms with Crippen molar-refractivity contribution < 1.29 is 80.8 Å². The van der Waals surface area contributed by atoms with Crippen LogP contribution < -0.4 is 37.3 Å². The molecule has 25 heteroatoms. The van der Waals surface area contributed by atoms with Crippen molar-refractivity contribution in [3.63, 3.8) is 0 Å². The van der Waals surface area contributed by atoms with E-state index in [0.29, 0.717) is 192 Å². The number of pyridine rings is 2. The number of hydrogen-bond donors (Lipinski definition) is 5. The van der Waals surface area contributed by atoms with E-state index in [2.05, 4.69) is 35.1 Å². The minimum absolute atomic E-state index is 0.00438. The van der Waals surface area contributed by atoms with Gasteiger partial charge in [0.05, 0.1) is 154 Å². The van der Waals surface area contributed by atoms with Crippen LogP contribution in [0.3, 0.4) is 0 Å². The Balaban J connectivity index is 0.743. The lowest BCUT2D eigenvalue weighted by Gasteiger charge is -2.24. The van der Waals surface area contributed by atoms with Gasteiger partial charge in [-0.05, 0) is 110 Å². The smallest absolute Gasteiger partial charge is 0.407 e. The number of nitrogens with two attached hydrogens (primary N) is 1. The van der Waals surface area contributed by atoms with Crippen molar-refractivity contribution in [2.45, 2.75) is 116 Å². The second-order valence-corrected chi connectivity index (χ2v) is 22.7. The molecule has 4 amide bonds. The number of esters is 1. The van der Waals surface area contributed by atoms with Gasteiger partial charge in [0.25, 0.3) is 5.56 Å². The van der Waals surface area contributed by atoms with Crippen LogP contribution >= 0.6 is 0 Å². The van der Waals surface area contributed by atoms with Crippen LogP contribution in [0.5, 0.6) is 5.75 Å². The number of cyclic esters (lactones) is 1. The highest BCUT2D eigenvalue weighted by Crippen LogP contribution is 2.39. The molecular formula is C70H97N7O18. The Hall–Kier alpha value is -7.43. The number of aryl methyl sites for hydroxylation is 1. The minimum atomic E-state index is -0.990. The number of unbranched alkanes of at least 4 members (excludes halogenated alkanes) is 1. The topological polar surface area (TPSA) is 305 Å². The predicted molar refractivity (Wildman–Crippen MR) is 355 cm³/mol. The molecule has 2 aliphatic rings. The standard InChI is InChI=1S/C70H97N7O18/c1-4-25-84-28-30-86-32-34-88-36-38-90-40-42-92-43-41-91-39-37-89-35-33-87-31-29-85-27-22-64(78)74-62(44-50-13-8-7-9-14-50)67(80)76-61(15-10-11-23-71)66(79)73-52-18-16-51(17-19-52)48-95-70(83)72-24-12-26-93-53-20-21-60-57(45-53)54(5-2)58-47-77-63(65(58)75-60)46-56-55(6-3)69(82)94-49-59(56)68(77)81/h7-9,13-14,16-21,45-46,55,61-62H,4-6,10-12,15,22-44,47-49,71H2,1-3H3,(H,72,83)(H,73,79)(H,74,78)(H,76,80)/t55-,61+,62+/m1/s1. The summed E-state index contributed by atoms with van der Waals surface area (Å²) in [4.78, 5) is 85.1. The summed E-state index contributed by atoms with van der Waals surface area (Å²) in [6.07, 6.45) is 3.83. The zero-order valence-electron chi connectivity index (χ0n) is 55.4. The zero-order chi connectivity index (χ0) is 67.2. The number of rotatable bonds is 49. The van der Waals surface area contributed by atoms with Gasteiger partial charge in [-0.15, -0.1) is 0 Å². The Kier molecular flexibility index (Phi) is 33.8. The maximum atomic E-state index is 14.0. The van der Waals surface area contributed by atoms with Gasteiger partial charge in [0.15, 0.2) is 0 Å². The number of benzene rings is 3. The van der Waals surface area contributed by atoms with E-state index >= 15 is 0 Å². The second kappa shape index (κ2) is 42.9. The minimum Gasteiger partial charge on any atom is -0.494 e. The van der Waals surface area contributed by atoms with Crippen molar-refractivity contribution in [1.82, 2.24) is 25.5 Å². The van der Waals surface area contributed by atoms with Crippen molar-refractivity contribution in [1.29, 1.82) is 0 Å². The average Bonchev–Trinajstić information content (AvgIpc) is 1.61. The number of nitrogens with one attached hydrogen (secondary N) is 4. The summed E-state index contributed by atoms with van der Waals surface area (Å²) in [5, 5.41) is 12.3. The van der Waals surface area contributed by atoms with Crippen molar-refractivity contribution in [2.75, 3.05) is 144 Å². The number of fused-ring (bicyclic) bond motifs is 5. The number of nitrogens with zero attached hydrogens (tertiary/aromatic N) is 2. The van der Waals surface area contributed by atoms with Gasteiger partial charge in [-0.3, -0.25) is 24.0 Å².